The highest BCUT2D eigenvalue weighted by Crippen LogP contribution is 2.14. The molecule has 1 atom stereocenters. The van der Waals surface area contributed by atoms with Crippen LogP contribution in [0, 0.1) is 0 Å². The van der Waals surface area contributed by atoms with E-state index in [4.69, 9.17) is 14.2 Å². The fraction of sp³-hybridized carbons (Fsp3) is 0.662. The minimum absolute atomic E-state index is 0.101. The Morgan fingerprint density at radius 1 is 0.284 bits per heavy atom. The molecule has 1 unspecified atom stereocenters. The van der Waals surface area contributed by atoms with Crippen molar-refractivity contribution in [1.82, 2.24) is 0 Å². The van der Waals surface area contributed by atoms with Crippen molar-refractivity contribution >= 4 is 17.9 Å². The van der Waals surface area contributed by atoms with Crippen LogP contribution in [-0.2, 0) is 28.6 Å². The van der Waals surface area contributed by atoms with Crippen molar-refractivity contribution < 1.29 is 28.6 Å². The Morgan fingerprint density at radius 3 is 0.865 bits per heavy atom. The Balaban J connectivity index is 4.47. The van der Waals surface area contributed by atoms with Gasteiger partial charge in [-0.05, 0) is 135 Å². The molecule has 6 nitrogen and oxygen atoms in total. The molecule has 0 radical (unpaired) electrons. The minimum atomic E-state index is -0.807. The normalized spacial score (nSPS) is 13.0. The SMILES string of the molecule is CC/C=C\C/C=C\C/C=C\C/C=C\C/C=C\C/C=C\C/C=C\CCCCCC(=O)OCC(COC(=O)CCCCCCC/C=C\CCCCCCCC)OC(=O)CCCCCCC/C=C\C/C=C\CCCCCC. The van der Waals surface area contributed by atoms with Gasteiger partial charge in [-0.25, -0.2) is 0 Å². The molecule has 0 aliphatic rings. The van der Waals surface area contributed by atoms with Crippen molar-refractivity contribution in [3.8, 4) is 0 Å². The van der Waals surface area contributed by atoms with Crippen molar-refractivity contribution in [3.05, 3.63) is 122 Å². The van der Waals surface area contributed by atoms with Crippen LogP contribution in [0.1, 0.15) is 271 Å². The molecule has 0 rings (SSSR count). The van der Waals surface area contributed by atoms with E-state index in [-0.39, 0.29) is 31.1 Å². The number of rotatable bonds is 54. The molecule has 0 bridgehead atoms. The molecule has 0 aliphatic heterocycles. The summed E-state index contributed by atoms with van der Waals surface area (Å²) in [5.74, 6) is -0.955. The molecule has 0 N–H and O–H groups in total. The van der Waals surface area contributed by atoms with E-state index >= 15 is 0 Å². The van der Waals surface area contributed by atoms with Crippen LogP contribution in [0.15, 0.2) is 122 Å². The van der Waals surface area contributed by atoms with Gasteiger partial charge in [0.25, 0.3) is 0 Å². The zero-order valence-electron chi connectivity index (χ0n) is 48.1. The van der Waals surface area contributed by atoms with Crippen LogP contribution in [-0.4, -0.2) is 37.2 Å². The molecule has 0 saturated heterocycles. The van der Waals surface area contributed by atoms with E-state index in [0.29, 0.717) is 19.3 Å². The molecule has 0 aromatic rings. The molecule has 0 aliphatic carbocycles. The molecule has 0 heterocycles. The first kappa shape index (κ1) is 69.8. The number of allylic oxidation sites excluding steroid dienone is 20. The smallest absolute Gasteiger partial charge is 0.306 e. The van der Waals surface area contributed by atoms with E-state index in [1.807, 2.05) is 0 Å². The summed E-state index contributed by atoms with van der Waals surface area (Å²) in [4.78, 5) is 38.2. The fourth-order valence-electron chi connectivity index (χ4n) is 8.09. The molecular weight excluding hydrogens is 913 g/mol. The van der Waals surface area contributed by atoms with E-state index in [1.54, 1.807) is 0 Å². The second-order valence-electron chi connectivity index (χ2n) is 19.9. The number of unbranched alkanes of at least 4 members (excludes halogenated alkanes) is 23. The van der Waals surface area contributed by atoms with Crippen LogP contribution in [0.25, 0.3) is 0 Å². The Kier molecular flexibility index (Phi) is 57.9. The van der Waals surface area contributed by atoms with Crippen LogP contribution in [0.5, 0.6) is 0 Å². The van der Waals surface area contributed by atoms with Gasteiger partial charge in [0.15, 0.2) is 6.10 Å². The third-order valence-electron chi connectivity index (χ3n) is 12.7. The van der Waals surface area contributed by atoms with Gasteiger partial charge in [-0.1, -0.05) is 239 Å². The molecule has 0 aromatic carbocycles. The molecule has 6 heteroatoms. The molecule has 420 valence electrons. The van der Waals surface area contributed by atoms with Gasteiger partial charge in [-0.2, -0.15) is 0 Å². The summed E-state index contributed by atoms with van der Waals surface area (Å²) in [7, 11) is 0. The summed E-state index contributed by atoms with van der Waals surface area (Å²) < 4.78 is 16.9. The zero-order valence-corrected chi connectivity index (χ0v) is 48.1. The quantitative estimate of drug-likeness (QED) is 0.0261. The van der Waals surface area contributed by atoms with Gasteiger partial charge < -0.3 is 14.2 Å². The monoisotopic (exact) mass is 1020 g/mol. The molecule has 0 saturated carbocycles. The predicted molar refractivity (Wildman–Crippen MR) is 320 cm³/mol. The topological polar surface area (TPSA) is 78.9 Å². The summed E-state index contributed by atoms with van der Waals surface area (Å²) in [6.07, 6.45) is 84.7. The highest BCUT2D eigenvalue weighted by molar-refractivity contribution is 5.71. The van der Waals surface area contributed by atoms with E-state index in [0.717, 1.165) is 148 Å². The standard InChI is InChI=1S/C68H112O6/c1-4-7-10-13-16-19-22-25-28-30-31-32-33-34-35-36-37-38-41-43-46-49-52-55-58-61-67(70)73-64-65(63-72-66(69)60-57-54-51-48-45-42-39-27-24-21-18-15-12-9-6-3)74-68(71)62-59-56-53-50-47-44-40-29-26-23-20-17-14-11-8-5-2/h7,10,16,19-20,23,25,27-29,31-32,34-35,37-40,43,46,65H,4-6,8-9,11-15,17-18,21-22,24,26,30,33,36,41-42,44-45,47-64H2,1-3H3/b10-7-,19-16-,23-20-,28-25-,32-31-,35-34-,38-37-,39-27-,40-29-,46-43-. The van der Waals surface area contributed by atoms with E-state index < -0.39 is 6.10 Å². The number of ether oxygens (including phenoxy) is 3. The summed E-state index contributed by atoms with van der Waals surface area (Å²) in [6, 6.07) is 0. The van der Waals surface area contributed by atoms with Gasteiger partial charge in [0.1, 0.15) is 13.2 Å². The Morgan fingerprint density at radius 2 is 0.527 bits per heavy atom. The molecule has 0 amide bonds. The summed E-state index contributed by atoms with van der Waals surface area (Å²) in [5, 5.41) is 0. The van der Waals surface area contributed by atoms with Crippen molar-refractivity contribution in [2.24, 2.45) is 0 Å². The van der Waals surface area contributed by atoms with Gasteiger partial charge in [0.2, 0.25) is 0 Å². The van der Waals surface area contributed by atoms with Crippen LogP contribution < -0.4 is 0 Å². The fourth-order valence-corrected chi connectivity index (χ4v) is 8.09. The van der Waals surface area contributed by atoms with Crippen molar-refractivity contribution in [2.45, 2.75) is 277 Å². The van der Waals surface area contributed by atoms with Gasteiger partial charge in [-0.15, -0.1) is 0 Å². The Bertz CT molecular complexity index is 1550. The average Bonchev–Trinajstić information content (AvgIpc) is 3.40. The molecule has 74 heavy (non-hydrogen) atoms. The maximum atomic E-state index is 12.9. The summed E-state index contributed by atoms with van der Waals surface area (Å²) in [5.41, 5.74) is 0. The third kappa shape index (κ3) is 58.7. The van der Waals surface area contributed by atoms with E-state index in [9.17, 15) is 14.4 Å². The molecular formula is C68H112O6. The predicted octanol–water partition coefficient (Wildman–Crippen LogP) is 20.8. The number of carbonyl (C=O) groups excluding carboxylic acids is 3. The number of hydrogen-bond acceptors (Lipinski definition) is 6. The first-order chi connectivity index (χ1) is 36.5. The average molecular weight is 1030 g/mol. The molecule has 0 aromatic heterocycles. The minimum Gasteiger partial charge on any atom is -0.462 e. The van der Waals surface area contributed by atoms with Gasteiger partial charge in [0.05, 0.1) is 0 Å². The third-order valence-corrected chi connectivity index (χ3v) is 12.7. The van der Waals surface area contributed by atoms with Gasteiger partial charge in [0, 0.05) is 19.3 Å². The maximum absolute atomic E-state index is 12.9. The first-order valence-electron chi connectivity index (χ1n) is 30.5. The first-order valence-corrected chi connectivity index (χ1v) is 30.5. The zero-order chi connectivity index (χ0) is 53.6. The second kappa shape index (κ2) is 61.4. The molecule has 0 spiro atoms. The molecule has 0 fully saturated rings. The Hall–Kier alpha value is -4.19. The van der Waals surface area contributed by atoms with Crippen molar-refractivity contribution in [3.63, 3.8) is 0 Å². The van der Waals surface area contributed by atoms with E-state index in [1.165, 1.54) is 83.5 Å². The lowest BCUT2D eigenvalue weighted by Crippen LogP contribution is -2.30. The summed E-state index contributed by atoms with van der Waals surface area (Å²) in [6.45, 7) is 6.46. The Labute approximate surface area is 456 Å². The van der Waals surface area contributed by atoms with Crippen molar-refractivity contribution in [2.75, 3.05) is 13.2 Å². The second-order valence-corrected chi connectivity index (χ2v) is 19.9. The van der Waals surface area contributed by atoms with Gasteiger partial charge in [-0.3, -0.25) is 14.4 Å². The van der Waals surface area contributed by atoms with Crippen LogP contribution in [0.4, 0.5) is 0 Å². The highest BCUT2D eigenvalue weighted by Gasteiger charge is 2.19. The largest absolute Gasteiger partial charge is 0.462 e. The van der Waals surface area contributed by atoms with Crippen LogP contribution >= 0.6 is 0 Å². The highest BCUT2D eigenvalue weighted by atomic mass is 16.6. The van der Waals surface area contributed by atoms with Crippen LogP contribution in [0.2, 0.25) is 0 Å². The number of hydrogen-bond donors (Lipinski definition) is 0. The van der Waals surface area contributed by atoms with Crippen LogP contribution in [0.3, 0.4) is 0 Å². The number of carbonyl (C=O) groups is 3. The maximum Gasteiger partial charge on any atom is 0.306 e. The summed E-state index contributed by atoms with van der Waals surface area (Å²) >= 11 is 0. The van der Waals surface area contributed by atoms with Gasteiger partial charge >= 0.3 is 17.9 Å². The lowest BCUT2D eigenvalue weighted by atomic mass is 10.1. The van der Waals surface area contributed by atoms with Crippen molar-refractivity contribution in [1.29, 1.82) is 0 Å². The number of esters is 3. The lowest BCUT2D eigenvalue weighted by Gasteiger charge is -2.18. The lowest BCUT2D eigenvalue weighted by molar-refractivity contribution is -0.167. The van der Waals surface area contributed by atoms with E-state index in [2.05, 4.69) is 142 Å².